The maximum Gasteiger partial charge on any atom is 0.246 e. The normalized spacial score (nSPS) is 22.6. The van der Waals surface area contributed by atoms with Gasteiger partial charge in [-0.05, 0) is 38.0 Å². The quantitative estimate of drug-likeness (QED) is 0.348. The minimum absolute atomic E-state index is 0.0566. The van der Waals surface area contributed by atoms with E-state index in [9.17, 15) is 7.86 Å². The Morgan fingerprint density at radius 3 is 2.50 bits per heavy atom. The van der Waals surface area contributed by atoms with Crippen LogP contribution in [0.2, 0.25) is 0 Å². The molecule has 1 aliphatic rings. The minimum atomic E-state index is -0.840. The predicted octanol–water partition coefficient (Wildman–Crippen LogP) is 2.42. The third-order valence-electron chi connectivity index (χ3n) is 3.44. The van der Waals surface area contributed by atoms with Crippen molar-refractivity contribution in [3.63, 3.8) is 0 Å². The van der Waals surface area contributed by atoms with Crippen LogP contribution in [0.1, 0.15) is 39.0 Å². The zero-order valence-corrected chi connectivity index (χ0v) is 14.4. The Bertz CT molecular complexity index is 280. The van der Waals surface area contributed by atoms with Crippen LogP contribution in [-0.2, 0) is 17.3 Å². The van der Waals surface area contributed by atoms with Crippen LogP contribution < -0.4 is 5.32 Å². The first-order valence-corrected chi connectivity index (χ1v) is 9.56. The van der Waals surface area contributed by atoms with Gasteiger partial charge in [-0.3, -0.25) is 7.86 Å². The van der Waals surface area contributed by atoms with Crippen LogP contribution in [0.25, 0.3) is 0 Å². The zero-order valence-electron chi connectivity index (χ0n) is 12.2. The molecule has 6 heteroatoms. The van der Waals surface area contributed by atoms with Crippen molar-refractivity contribution in [1.82, 2.24) is 5.32 Å². The van der Waals surface area contributed by atoms with E-state index in [4.69, 9.17) is 9.47 Å². The highest BCUT2D eigenvalue weighted by Crippen LogP contribution is 2.30. The topological polar surface area (TPSA) is 64.6 Å². The number of carbonyl (C=O) groups is 1. The van der Waals surface area contributed by atoms with Gasteiger partial charge in [-0.25, -0.2) is 0 Å². The van der Waals surface area contributed by atoms with Gasteiger partial charge < -0.3 is 14.8 Å². The van der Waals surface area contributed by atoms with E-state index in [-0.39, 0.29) is 12.5 Å². The molecule has 1 N–H and O–H groups in total. The third-order valence-corrected chi connectivity index (χ3v) is 5.41. The molecule has 0 bridgehead atoms. The summed E-state index contributed by atoms with van der Waals surface area (Å²) in [6.45, 7) is 4.63. The Labute approximate surface area is 131 Å². The van der Waals surface area contributed by atoms with Gasteiger partial charge in [-0.1, -0.05) is 6.92 Å². The fourth-order valence-corrected chi connectivity index (χ4v) is 3.48. The average Bonchev–Trinajstić information content (AvgIpc) is 2.49. The molecule has 0 aromatic heterocycles. The van der Waals surface area contributed by atoms with Gasteiger partial charge in [0.1, 0.15) is 27.8 Å². The van der Waals surface area contributed by atoms with Crippen LogP contribution >= 0.6 is 21.2 Å². The molecule has 0 aromatic rings. The molecule has 5 nitrogen and oxygen atoms in total. The standard InChI is InChI=1S/C14H26INO4/c1-2-7-19-8-9-20-11-14(17)16-10-12-3-5-13(15-18)6-4-12/h12-13H,2-11H2,1H3,(H,16,17). The molecule has 20 heavy (non-hydrogen) atoms. The summed E-state index contributed by atoms with van der Waals surface area (Å²) < 4.78 is 21.9. The van der Waals surface area contributed by atoms with E-state index in [1.54, 1.807) is 0 Å². The van der Waals surface area contributed by atoms with Gasteiger partial charge in [0, 0.05) is 17.1 Å². The van der Waals surface area contributed by atoms with Gasteiger partial charge in [0.05, 0.1) is 13.2 Å². The Hall–Kier alpha value is -0.0800. The molecular weight excluding hydrogens is 373 g/mol. The number of ether oxygens (including phenoxy) is 2. The maximum atomic E-state index is 11.6. The van der Waals surface area contributed by atoms with Crippen LogP contribution in [0.4, 0.5) is 0 Å². The molecule has 118 valence electrons. The van der Waals surface area contributed by atoms with Gasteiger partial charge in [-0.2, -0.15) is 0 Å². The number of carbonyl (C=O) groups excluding carboxylic acids is 1. The molecule has 1 aliphatic carbocycles. The van der Waals surface area contributed by atoms with E-state index in [1.165, 1.54) is 0 Å². The van der Waals surface area contributed by atoms with E-state index in [2.05, 4.69) is 12.2 Å². The Balaban J connectivity index is 1.96. The van der Waals surface area contributed by atoms with Crippen LogP contribution in [0.5, 0.6) is 0 Å². The molecule has 0 atom stereocenters. The Morgan fingerprint density at radius 1 is 1.15 bits per heavy atom. The second kappa shape index (κ2) is 11.6. The Kier molecular flexibility index (Phi) is 10.4. The van der Waals surface area contributed by atoms with Gasteiger partial charge in [0.2, 0.25) is 5.91 Å². The molecule has 0 spiro atoms. The molecular formula is C14H26INO4. The van der Waals surface area contributed by atoms with Gasteiger partial charge in [0.25, 0.3) is 0 Å². The summed E-state index contributed by atoms with van der Waals surface area (Å²) in [4.78, 5) is 11.6. The van der Waals surface area contributed by atoms with E-state index in [1.807, 2.05) is 0 Å². The number of amides is 1. The fourth-order valence-electron chi connectivity index (χ4n) is 2.25. The molecule has 1 rings (SSSR count). The number of hydrogen-bond donors (Lipinski definition) is 1. The third kappa shape index (κ3) is 8.26. The first-order chi connectivity index (χ1) is 9.76. The minimum Gasteiger partial charge on any atom is -0.379 e. The summed E-state index contributed by atoms with van der Waals surface area (Å²) in [6.07, 6.45) is 5.28. The number of hydrogen-bond acceptors (Lipinski definition) is 4. The predicted molar refractivity (Wildman–Crippen MR) is 85.4 cm³/mol. The summed E-state index contributed by atoms with van der Waals surface area (Å²) in [5, 5.41) is 2.91. The fraction of sp³-hybridized carbons (Fsp3) is 0.929. The molecule has 0 aromatic carbocycles. The summed E-state index contributed by atoms with van der Waals surface area (Å²) in [5.41, 5.74) is 0. The van der Waals surface area contributed by atoms with E-state index in [0.29, 0.717) is 23.1 Å². The SMILES string of the molecule is CCCOCCOCC(=O)NCC1CCC(I=O)CC1. The number of rotatable bonds is 10. The number of halogens is 1. The molecule has 1 saturated carbocycles. The largest absolute Gasteiger partial charge is 0.379 e. The first kappa shape index (κ1) is 18.0. The van der Waals surface area contributed by atoms with Crippen molar-refractivity contribution in [2.45, 2.75) is 43.0 Å². The molecule has 0 aliphatic heterocycles. The number of alkyl halides is 1. The van der Waals surface area contributed by atoms with Crippen LogP contribution in [-0.4, -0.2) is 42.8 Å². The van der Waals surface area contributed by atoms with Crippen LogP contribution in [0, 0.1) is 5.92 Å². The maximum absolute atomic E-state index is 11.6. The van der Waals surface area contributed by atoms with Crippen molar-refractivity contribution < 1.29 is 17.3 Å². The highest BCUT2D eigenvalue weighted by molar-refractivity contribution is 14.1. The van der Waals surface area contributed by atoms with Crippen molar-refractivity contribution in [1.29, 1.82) is 0 Å². The number of nitrogens with one attached hydrogen (secondary N) is 1. The van der Waals surface area contributed by atoms with E-state index >= 15 is 0 Å². The lowest BCUT2D eigenvalue weighted by molar-refractivity contribution is -0.126. The lowest BCUT2D eigenvalue weighted by atomic mass is 9.89. The smallest absolute Gasteiger partial charge is 0.246 e. The molecule has 0 unspecified atom stereocenters. The summed E-state index contributed by atoms with van der Waals surface area (Å²) in [5.74, 6) is 0.484. The van der Waals surface area contributed by atoms with Crippen LogP contribution in [0.15, 0.2) is 0 Å². The Morgan fingerprint density at radius 2 is 1.85 bits per heavy atom. The summed E-state index contributed by atoms with van der Waals surface area (Å²) in [6, 6.07) is 0. The zero-order chi connectivity index (χ0) is 14.6. The average molecular weight is 399 g/mol. The lowest BCUT2D eigenvalue weighted by Crippen LogP contribution is -2.34. The van der Waals surface area contributed by atoms with Gasteiger partial charge in [0.15, 0.2) is 0 Å². The van der Waals surface area contributed by atoms with Crippen molar-refractivity contribution in [2.75, 3.05) is 33.0 Å². The van der Waals surface area contributed by atoms with Gasteiger partial charge >= 0.3 is 0 Å². The monoisotopic (exact) mass is 399 g/mol. The lowest BCUT2D eigenvalue weighted by Gasteiger charge is -2.24. The second-order valence-corrected chi connectivity index (χ2v) is 7.45. The van der Waals surface area contributed by atoms with Crippen molar-refractivity contribution in [3.05, 3.63) is 0 Å². The molecule has 0 heterocycles. The molecule has 0 radical (unpaired) electrons. The van der Waals surface area contributed by atoms with Crippen molar-refractivity contribution >= 4 is 27.1 Å². The van der Waals surface area contributed by atoms with Crippen molar-refractivity contribution in [2.24, 2.45) is 5.92 Å². The molecule has 1 fully saturated rings. The van der Waals surface area contributed by atoms with E-state index < -0.39 is 21.2 Å². The van der Waals surface area contributed by atoms with Crippen LogP contribution in [0.3, 0.4) is 0 Å². The second-order valence-electron chi connectivity index (χ2n) is 5.18. The molecule has 1 amide bonds. The van der Waals surface area contributed by atoms with E-state index in [0.717, 1.165) is 45.3 Å². The van der Waals surface area contributed by atoms with Gasteiger partial charge in [-0.15, -0.1) is 0 Å². The molecule has 0 saturated heterocycles. The van der Waals surface area contributed by atoms with Crippen molar-refractivity contribution in [3.8, 4) is 0 Å². The highest BCUT2D eigenvalue weighted by Gasteiger charge is 2.21. The summed E-state index contributed by atoms with van der Waals surface area (Å²) in [7, 11) is 0. The summed E-state index contributed by atoms with van der Waals surface area (Å²) >= 11 is -0.840. The first-order valence-electron chi connectivity index (χ1n) is 7.44. The highest BCUT2D eigenvalue weighted by atomic mass is 127.